The summed E-state index contributed by atoms with van der Waals surface area (Å²) in [6.45, 7) is 5.06. The summed E-state index contributed by atoms with van der Waals surface area (Å²) in [6, 6.07) is 3.66. The lowest BCUT2D eigenvalue weighted by atomic mass is 10.0. The molecule has 1 N–H and O–H groups in total. The van der Waals surface area contributed by atoms with Gasteiger partial charge < -0.3 is 5.32 Å². The molecule has 1 heterocycles. The fourth-order valence-corrected chi connectivity index (χ4v) is 3.54. The molecule has 2 unspecified atom stereocenters. The van der Waals surface area contributed by atoms with Gasteiger partial charge in [-0.15, -0.1) is 0 Å². The van der Waals surface area contributed by atoms with Gasteiger partial charge in [-0.3, -0.25) is 0 Å². The third kappa shape index (κ3) is 3.45. The normalized spacial score (nSPS) is 25.3. The zero-order valence-electron chi connectivity index (χ0n) is 10.8. The van der Waals surface area contributed by atoms with Crippen molar-refractivity contribution in [3.63, 3.8) is 0 Å². The van der Waals surface area contributed by atoms with Gasteiger partial charge in [0, 0.05) is 23.4 Å². The van der Waals surface area contributed by atoms with Gasteiger partial charge in [0.2, 0.25) is 0 Å². The Morgan fingerprint density at radius 2 is 2.00 bits per heavy atom. The number of thioether (sulfide) groups is 1. The molecule has 1 aliphatic rings. The quantitative estimate of drug-likeness (QED) is 0.891. The summed E-state index contributed by atoms with van der Waals surface area (Å²) in [5.74, 6) is 0.182. The van der Waals surface area contributed by atoms with E-state index >= 15 is 0 Å². The Balaban J connectivity index is 1.96. The molecule has 1 aliphatic heterocycles. The molecule has 100 valence electrons. The van der Waals surface area contributed by atoms with Gasteiger partial charge in [-0.2, -0.15) is 11.8 Å². The highest BCUT2D eigenvalue weighted by Crippen LogP contribution is 2.37. The molecule has 0 spiro atoms. The zero-order valence-corrected chi connectivity index (χ0v) is 11.6. The van der Waals surface area contributed by atoms with Crippen LogP contribution in [0.1, 0.15) is 38.3 Å². The van der Waals surface area contributed by atoms with Gasteiger partial charge >= 0.3 is 0 Å². The molecule has 0 amide bonds. The molecule has 1 aromatic carbocycles. The predicted octanol–water partition coefficient (Wildman–Crippen LogP) is 3.90. The van der Waals surface area contributed by atoms with Crippen LogP contribution in [0.3, 0.4) is 0 Å². The van der Waals surface area contributed by atoms with Crippen molar-refractivity contribution < 1.29 is 8.78 Å². The Labute approximate surface area is 111 Å². The molecule has 2 rings (SSSR count). The topological polar surface area (TPSA) is 12.0 Å². The number of benzene rings is 1. The average molecular weight is 271 g/mol. The van der Waals surface area contributed by atoms with E-state index in [4.69, 9.17) is 0 Å². The van der Waals surface area contributed by atoms with E-state index in [1.807, 2.05) is 18.7 Å². The first kappa shape index (κ1) is 13.8. The second kappa shape index (κ2) is 5.57. The van der Waals surface area contributed by atoms with Crippen molar-refractivity contribution in [2.24, 2.45) is 0 Å². The van der Waals surface area contributed by atoms with E-state index in [1.54, 1.807) is 0 Å². The smallest absolute Gasteiger partial charge is 0.126 e. The van der Waals surface area contributed by atoms with E-state index in [1.165, 1.54) is 30.7 Å². The highest BCUT2D eigenvalue weighted by molar-refractivity contribution is 8.00. The molecule has 1 nitrogen and oxygen atoms in total. The Morgan fingerprint density at radius 3 is 2.56 bits per heavy atom. The number of hydrogen-bond donors (Lipinski definition) is 1. The van der Waals surface area contributed by atoms with E-state index < -0.39 is 11.6 Å². The van der Waals surface area contributed by atoms with Gasteiger partial charge in [-0.05, 0) is 50.1 Å². The van der Waals surface area contributed by atoms with Crippen LogP contribution in [-0.4, -0.2) is 17.0 Å². The zero-order chi connectivity index (χ0) is 13.2. The third-order valence-electron chi connectivity index (χ3n) is 3.47. The molecule has 0 saturated carbocycles. The largest absolute Gasteiger partial charge is 0.309 e. The van der Waals surface area contributed by atoms with Crippen LogP contribution < -0.4 is 5.32 Å². The maximum atomic E-state index is 13.1. The molecule has 1 fully saturated rings. The van der Waals surface area contributed by atoms with Crippen molar-refractivity contribution in [1.82, 2.24) is 5.32 Å². The monoisotopic (exact) mass is 271 g/mol. The van der Waals surface area contributed by atoms with Crippen molar-refractivity contribution >= 4 is 11.8 Å². The van der Waals surface area contributed by atoms with Crippen molar-refractivity contribution in [3.8, 4) is 0 Å². The van der Waals surface area contributed by atoms with E-state index in [-0.39, 0.29) is 10.8 Å². The van der Waals surface area contributed by atoms with E-state index in [0.29, 0.717) is 5.56 Å². The molecule has 0 radical (unpaired) electrons. The van der Waals surface area contributed by atoms with E-state index in [2.05, 4.69) is 12.2 Å². The first-order chi connectivity index (χ1) is 8.48. The fraction of sp³-hybridized carbons (Fsp3) is 0.571. The molecule has 1 saturated heterocycles. The molecule has 4 heteroatoms. The molecule has 0 bridgehead atoms. The average Bonchev–Trinajstić information content (AvgIpc) is 2.72. The van der Waals surface area contributed by atoms with Gasteiger partial charge in [0.15, 0.2) is 0 Å². The summed E-state index contributed by atoms with van der Waals surface area (Å²) in [4.78, 5) is 0. The standard InChI is InChI=1S/C14H19F2NS/c1-10(11-6-12(15)8-13(16)7-11)17-9-14(2)4-3-5-18-14/h6-8,10,17H,3-5,9H2,1-2H3. The van der Waals surface area contributed by atoms with Crippen LogP contribution in [0.25, 0.3) is 0 Å². The molecule has 0 aromatic heterocycles. The molecular weight excluding hydrogens is 252 g/mol. The summed E-state index contributed by atoms with van der Waals surface area (Å²) in [5, 5.41) is 3.38. The summed E-state index contributed by atoms with van der Waals surface area (Å²) in [7, 11) is 0. The highest BCUT2D eigenvalue weighted by atomic mass is 32.2. The van der Waals surface area contributed by atoms with E-state index in [0.717, 1.165) is 12.6 Å². The lowest BCUT2D eigenvalue weighted by Gasteiger charge is -2.26. The maximum Gasteiger partial charge on any atom is 0.126 e. The van der Waals surface area contributed by atoms with E-state index in [9.17, 15) is 8.78 Å². The van der Waals surface area contributed by atoms with Crippen LogP contribution in [-0.2, 0) is 0 Å². The van der Waals surface area contributed by atoms with Crippen molar-refractivity contribution in [2.75, 3.05) is 12.3 Å². The van der Waals surface area contributed by atoms with Crippen LogP contribution in [0.4, 0.5) is 8.78 Å². The van der Waals surface area contributed by atoms with Crippen LogP contribution in [0.2, 0.25) is 0 Å². The summed E-state index contributed by atoms with van der Waals surface area (Å²) >= 11 is 1.98. The highest BCUT2D eigenvalue weighted by Gasteiger charge is 2.29. The first-order valence-corrected chi connectivity index (χ1v) is 7.30. The number of hydrogen-bond acceptors (Lipinski definition) is 2. The number of rotatable bonds is 4. The minimum absolute atomic E-state index is 0.0341. The Hall–Kier alpha value is -0.610. The van der Waals surface area contributed by atoms with Gasteiger partial charge in [-0.25, -0.2) is 8.78 Å². The lowest BCUT2D eigenvalue weighted by molar-refractivity contribution is 0.485. The third-order valence-corrected chi connectivity index (χ3v) is 5.01. The minimum atomic E-state index is -0.514. The van der Waals surface area contributed by atoms with Gasteiger partial charge in [0.25, 0.3) is 0 Å². The second-order valence-corrected chi connectivity index (χ2v) is 6.89. The van der Waals surface area contributed by atoms with Crippen molar-refractivity contribution in [1.29, 1.82) is 0 Å². The first-order valence-electron chi connectivity index (χ1n) is 6.32. The SMILES string of the molecule is CC(NCC1(C)CCCS1)c1cc(F)cc(F)c1. The number of halogens is 2. The molecular formula is C14H19F2NS. The maximum absolute atomic E-state index is 13.1. The van der Waals surface area contributed by atoms with Gasteiger partial charge in [-0.1, -0.05) is 0 Å². The summed E-state index contributed by atoms with van der Waals surface area (Å²) in [6.07, 6.45) is 2.46. The summed E-state index contributed by atoms with van der Waals surface area (Å²) < 4.78 is 26.5. The van der Waals surface area contributed by atoms with Gasteiger partial charge in [0.1, 0.15) is 11.6 Å². The van der Waals surface area contributed by atoms with Gasteiger partial charge in [0.05, 0.1) is 0 Å². The molecule has 2 atom stereocenters. The van der Waals surface area contributed by atoms with Crippen LogP contribution in [0, 0.1) is 11.6 Å². The van der Waals surface area contributed by atoms with Crippen LogP contribution in [0.15, 0.2) is 18.2 Å². The minimum Gasteiger partial charge on any atom is -0.309 e. The fourth-order valence-electron chi connectivity index (χ4n) is 2.29. The van der Waals surface area contributed by atoms with Crippen LogP contribution >= 0.6 is 11.8 Å². The van der Waals surface area contributed by atoms with Crippen molar-refractivity contribution in [3.05, 3.63) is 35.4 Å². The predicted molar refractivity (Wildman–Crippen MR) is 72.9 cm³/mol. The molecule has 1 aromatic rings. The summed E-state index contributed by atoms with van der Waals surface area (Å²) in [5.41, 5.74) is 0.666. The van der Waals surface area contributed by atoms with Crippen molar-refractivity contribution in [2.45, 2.75) is 37.5 Å². The lowest BCUT2D eigenvalue weighted by Crippen LogP contribution is -2.34. The number of nitrogens with one attached hydrogen (secondary N) is 1. The Morgan fingerprint density at radius 1 is 1.33 bits per heavy atom. The Bertz CT molecular complexity index is 396. The molecule has 18 heavy (non-hydrogen) atoms. The second-order valence-electron chi connectivity index (χ2n) is 5.21. The van der Waals surface area contributed by atoms with Crippen LogP contribution in [0.5, 0.6) is 0 Å². The Kier molecular flexibility index (Phi) is 4.28. The molecule has 0 aliphatic carbocycles.